The predicted octanol–water partition coefficient (Wildman–Crippen LogP) is 1.20. The average Bonchev–Trinajstić information content (AvgIpc) is 2.34. The minimum absolute atomic E-state index is 0.0431. The van der Waals surface area contributed by atoms with Gasteiger partial charge in [-0.05, 0) is 32.0 Å². The molecular weight excluding hydrogens is 269 g/mol. The molecule has 0 heterocycles. The molecule has 0 saturated carbocycles. The number of hydrogen-bond donors (Lipinski definition) is 1. The smallest absolute Gasteiger partial charge is 0.244 e. The minimum atomic E-state index is -3.73. The van der Waals surface area contributed by atoms with E-state index in [9.17, 15) is 12.8 Å². The number of aliphatic hydroxyl groups is 1. The fourth-order valence-electron chi connectivity index (χ4n) is 1.39. The maximum atomic E-state index is 13.2. The highest BCUT2D eigenvalue weighted by Crippen LogP contribution is 2.21. The van der Waals surface area contributed by atoms with Gasteiger partial charge >= 0.3 is 0 Å². The Kier molecular flexibility index (Phi) is 5.06. The summed E-state index contributed by atoms with van der Waals surface area (Å²) >= 11 is 0. The van der Waals surface area contributed by atoms with Gasteiger partial charge in [0.2, 0.25) is 10.0 Å². The fraction of sp³-hybridized carbons (Fsp3) is 0.385. The second-order valence-corrected chi connectivity index (χ2v) is 6.18. The summed E-state index contributed by atoms with van der Waals surface area (Å²) in [5, 5.41) is 8.66. The second-order valence-electron chi connectivity index (χ2n) is 4.22. The molecule has 0 radical (unpaired) electrons. The van der Waals surface area contributed by atoms with Crippen LogP contribution in [0.3, 0.4) is 0 Å². The normalized spacial score (nSPS) is 11.5. The first-order chi connectivity index (χ1) is 8.80. The lowest BCUT2D eigenvalue weighted by Crippen LogP contribution is -2.33. The molecule has 0 spiro atoms. The van der Waals surface area contributed by atoms with Crippen LogP contribution in [-0.2, 0) is 10.0 Å². The molecular formula is C13H16FNO3S. The van der Waals surface area contributed by atoms with Crippen molar-refractivity contribution in [3.63, 3.8) is 0 Å². The van der Waals surface area contributed by atoms with Crippen LogP contribution in [0.5, 0.6) is 0 Å². The zero-order valence-electron chi connectivity index (χ0n) is 11.0. The van der Waals surface area contributed by atoms with Crippen molar-refractivity contribution in [3.8, 4) is 11.8 Å². The summed E-state index contributed by atoms with van der Waals surface area (Å²) in [6.45, 7) is 3.05. The first-order valence-electron chi connectivity index (χ1n) is 5.68. The molecule has 0 bridgehead atoms. The van der Waals surface area contributed by atoms with E-state index in [1.807, 2.05) is 0 Å². The van der Waals surface area contributed by atoms with E-state index in [4.69, 9.17) is 5.11 Å². The number of nitrogens with zero attached hydrogens (tertiary/aromatic N) is 1. The van der Waals surface area contributed by atoms with Crippen LogP contribution in [0, 0.1) is 17.7 Å². The molecule has 0 aliphatic heterocycles. The summed E-state index contributed by atoms with van der Waals surface area (Å²) in [6, 6.07) is 3.08. The molecule has 19 heavy (non-hydrogen) atoms. The van der Waals surface area contributed by atoms with Crippen molar-refractivity contribution >= 4 is 10.0 Å². The summed E-state index contributed by atoms with van der Waals surface area (Å²) in [4.78, 5) is -0.0638. The molecule has 0 fully saturated rings. The fourth-order valence-corrected chi connectivity index (χ4v) is 2.89. The molecule has 1 aromatic rings. The molecule has 0 saturated heterocycles. The van der Waals surface area contributed by atoms with Crippen LogP contribution in [0.4, 0.5) is 4.39 Å². The van der Waals surface area contributed by atoms with Crippen molar-refractivity contribution in [2.75, 3.05) is 13.7 Å². The topological polar surface area (TPSA) is 57.6 Å². The van der Waals surface area contributed by atoms with Gasteiger partial charge in [0.25, 0.3) is 0 Å². The maximum Gasteiger partial charge on any atom is 0.244 e. The highest BCUT2D eigenvalue weighted by atomic mass is 32.2. The Bertz CT molecular complexity index is 615. The van der Waals surface area contributed by atoms with E-state index in [2.05, 4.69) is 11.8 Å². The molecule has 4 nitrogen and oxygen atoms in total. The number of aliphatic hydroxyl groups excluding tert-OH is 1. The van der Waals surface area contributed by atoms with E-state index in [-0.39, 0.29) is 16.5 Å². The largest absolute Gasteiger partial charge is 0.384 e. The van der Waals surface area contributed by atoms with Gasteiger partial charge in [0.05, 0.1) is 4.90 Å². The van der Waals surface area contributed by atoms with Gasteiger partial charge in [-0.15, -0.1) is 0 Å². The van der Waals surface area contributed by atoms with Crippen molar-refractivity contribution in [2.24, 2.45) is 0 Å². The third kappa shape index (κ3) is 3.53. The van der Waals surface area contributed by atoms with Gasteiger partial charge in [-0.1, -0.05) is 11.8 Å². The molecule has 0 aromatic heterocycles. The van der Waals surface area contributed by atoms with Crippen molar-refractivity contribution in [2.45, 2.75) is 24.8 Å². The lowest BCUT2D eigenvalue weighted by molar-refractivity contribution is 0.350. The summed E-state index contributed by atoms with van der Waals surface area (Å²) in [5.74, 6) is 4.21. The quantitative estimate of drug-likeness (QED) is 0.849. The monoisotopic (exact) mass is 285 g/mol. The Morgan fingerprint density at radius 3 is 2.58 bits per heavy atom. The van der Waals surface area contributed by atoms with E-state index in [0.717, 1.165) is 12.1 Å². The van der Waals surface area contributed by atoms with Crippen LogP contribution in [0.25, 0.3) is 0 Å². The Morgan fingerprint density at radius 1 is 1.42 bits per heavy atom. The summed E-state index contributed by atoms with van der Waals surface area (Å²) in [7, 11) is -2.28. The maximum absolute atomic E-state index is 13.2. The third-order valence-corrected chi connectivity index (χ3v) is 4.72. The number of benzene rings is 1. The zero-order chi connectivity index (χ0) is 14.6. The Hall–Kier alpha value is -1.42. The lowest BCUT2D eigenvalue weighted by Gasteiger charge is -2.21. The molecule has 1 aromatic carbocycles. The van der Waals surface area contributed by atoms with Gasteiger partial charge in [-0.2, -0.15) is 4.31 Å². The van der Waals surface area contributed by atoms with Gasteiger partial charge in [0.15, 0.2) is 0 Å². The molecule has 0 amide bonds. The van der Waals surface area contributed by atoms with E-state index >= 15 is 0 Å². The zero-order valence-corrected chi connectivity index (χ0v) is 11.8. The molecule has 1 N–H and O–H groups in total. The van der Waals surface area contributed by atoms with Crippen molar-refractivity contribution in [1.82, 2.24) is 4.31 Å². The molecule has 0 aliphatic carbocycles. The molecule has 104 valence electrons. The van der Waals surface area contributed by atoms with Gasteiger partial charge < -0.3 is 5.11 Å². The predicted molar refractivity (Wildman–Crippen MR) is 70.4 cm³/mol. The summed E-state index contributed by atoms with van der Waals surface area (Å²) in [5.41, 5.74) is 0.0431. The SMILES string of the molecule is CC(C)N(C)S(=O)(=O)c1ccc(F)cc1C#CCO. The first kappa shape index (κ1) is 15.6. The Labute approximate surface area is 112 Å². The lowest BCUT2D eigenvalue weighted by atomic mass is 10.2. The molecule has 0 atom stereocenters. The first-order valence-corrected chi connectivity index (χ1v) is 7.12. The van der Waals surface area contributed by atoms with Crippen LogP contribution in [0.1, 0.15) is 19.4 Å². The highest BCUT2D eigenvalue weighted by molar-refractivity contribution is 7.89. The van der Waals surface area contributed by atoms with Crippen LogP contribution >= 0.6 is 0 Å². The number of sulfonamides is 1. The molecule has 0 unspecified atom stereocenters. The second kappa shape index (κ2) is 6.15. The van der Waals surface area contributed by atoms with E-state index in [0.29, 0.717) is 0 Å². The van der Waals surface area contributed by atoms with Gasteiger partial charge in [0, 0.05) is 18.7 Å². The Balaban J connectivity index is 3.42. The van der Waals surface area contributed by atoms with Crippen molar-refractivity contribution < 1.29 is 17.9 Å². The van der Waals surface area contributed by atoms with E-state index in [1.165, 1.54) is 17.4 Å². The van der Waals surface area contributed by atoms with Gasteiger partial charge in [-0.25, -0.2) is 12.8 Å². The van der Waals surface area contributed by atoms with Crippen LogP contribution in [0.2, 0.25) is 0 Å². The number of hydrogen-bond acceptors (Lipinski definition) is 3. The molecule has 0 aliphatic rings. The van der Waals surface area contributed by atoms with E-state index in [1.54, 1.807) is 13.8 Å². The average molecular weight is 285 g/mol. The van der Waals surface area contributed by atoms with Gasteiger partial charge in [-0.3, -0.25) is 0 Å². The van der Waals surface area contributed by atoms with Crippen LogP contribution in [-0.4, -0.2) is 37.5 Å². The Morgan fingerprint density at radius 2 is 2.05 bits per heavy atom. The minimum Gasteiger partial charge on any atom is -0.384 e. The van der Waals surface area contributed by atoms with Crippen molar-refractivity contribution in [3.05, 3.63) is 29.6 Å². The molecule has 6 heteroatoms. The van der Waals surface area contributed by atoms with Crippen LogP contribution in [0.15, 0.2) is 23.1 Å². The summed E-state index contributed by atoms with van der Waals surface area (Å²) < 4.78 is 39.1. The number of rotatable bonds is 3. The van der Waals surface area contributed by atoms with Crippen LogP contribution < -0.4 is 0 Å². The highest BCUT2D eigenvalue weighted by Gasteiger charge is 2.25. The van der Waals surface area contributed by atoms with Crippen molar-refractivity contribution in [1.29, 1.82) is 0 Å². The van der Waals surface area contributed by atoms with E-state index < -0.39 is 22.4 Å². The van der Waals surface area contributed by atoms with Gasteiger partial charge in [0.1, 0.15) is 12.4 Å². The third-order valence-electron chi connectivity index (χ3n) is 2.63. The summed E-state index contributed by atoms with van der Waals surface area (Å²) in [6.07, 6.45) is 0. The number of halogens is 1. The standard InChI is InChI=1S/C13H16FNO3S/c1-10(2)15(3)19(17,18)13-7-6-12(14)9-11(13)5-4-8-16/h6-7,9-10,16H,8H2,1-3H3. The molecule has 1 rings (SSSR count).